The van der Waals surface area contributed by atoms with E-state index in [0.29, 0.717) is 16.5 Å². The van der Waals surface area contributed by atoms with Gasteiger partial charge in [-0.3, -0.25) is 14.5 Å². The second-order valence-corrected chi connectivity index (χ2v) is 8.77. The first kappa shape index (κ1) is 23.4. The molecule has 1 N–H and O–H groups in total. The topological polar surface area (TPSA) is 52.7 Å². The molecule has 2 aromatic rings. The van der Waals surface area contributed by atoms with Crippen molar-refractivity contribution < 1.29 is 9.59 Å². The number of carbonyl (C=O) groups is 2. The summed E-state index contributed by atoms with van der Waals surface area (Å²) in [5, 5.41) is 3.60. The SMILES string of the molecule is CCN(CC)CCCNC(=O)CN1C(=O)/C(=C\c2ccc(Cl)cc2)Sc2ccccc21. The molecule has 0 radical (unpaired) electrons. The van der Waals surface area contributed by atoms with Gasteiger partial charge in [-0.05, 0) is 62.0 Å². The van der Waals surface area contributed by atoms with Crippen LogP contribution in [0.5, 0.6) is 0 Å². The Labute approximate surface area is 193 Å². The first-order valence-corrected chi connectivity index (χ1v) is 11.8. The summed E-state index contributed by atoms with van der Waals surface area (Å²) in [5.74, 6) is -0.322. The van der Waals surface area contributed by atoms with E-state index in [9.17, 15) is 9.59 Å². The largest absolute Gasteiger partial charge is 0.355 e. The summed E-state index contributed by atoms with van der Waals surface area (Å²) in [4.78, 5) is 31.2. The Morgan fingerprint density at radius 1 is 1.13 bits per heavy atom. The molecule has 5 nitrogen and oxygen atoms in total. The number of amides is 2. The van der Waals surface area contributed by atoms with Crippen LogP contribution in [-0.2, 0) is 9.59 Å². The van der Waals surface area contributed by atoms with Gasteiger partial charge in [0, 0.05) is 16.5 Å². The van der Waals surface area contributed by atoms with Gasteiger partial charge in [-0.15, -0.1) is 0 Å². The number of carbonyl (C=O) groups excluding carboxylic acids is 2. The van der Waals surface area contributed by atoms with Gasteiger partial charge in [0.15, 0.2) is 0 Å². The molecular weight excluding hydrogens is 430 g/mol. The molecular formula is C24H28ClN3O2S. The Kier molecular flexibility index (Phi) is 8.58. The lowest BCUT2D eigenvalue weighted by Crippen LogP contribution is -2.43. The highest BCUT2D eigenvalue weighted by Crippen LogP contribution is 2.41. The molecule has 0 saturated carbocycles. The van der Waals surface area contributed by atoms with Crippen molar-refractivity contribution in [1.82, 2.24) is 10.2 Å². The number of thioether (sulfide) groups is 1. The van der Waals surface area contributed by atoms with Crippen LogP contribution in [0.25, 0.3) is 6.08 Å². The smallest absolute Gasteiger partial charge is 0.265 e. The van der Waals surface area contributed by atoms with E-state index in [4.69, 9.17) is 11.6 Å². The molecule has 0 aromatic heterocycles. The second-order valence-electron chi connectivity index (χ2n) is 7.25. The molecule has 0 fully saturated rings. The van der Waals surface area contributed by atoms with Gasteiger partial charge in [-0.1, -0.05) is 61.5 Å². The van der Waals surface area contributed by atoms with E-state index < -0.39 is 0 Å². The molecule has 0 spiro atoms. The molecule has 1 heterocycles. The lowest BCUT2D eigenvalue weighted by Gasteiger charge is -2.30. The van der Waals surface area contributed by atoms with Crippen molar-refractivity contribution in [2.75, 3.05) is 37.6 Å². The maximum atomic E-state index is 13.2. The molecule has 3 rings (SSSR count). The minimum atomic E-state index is -0.169. The highest BCUT2D eigenvalue weighted by Gasteiger charge is 2.30. The molecule has 164 valence electrons. The quantitative estimate of drug-likeness (QED) is 0.439. The first-order valence-electron chi connectivity index (χ1n) is 10.6. The fraction of sp³-hybridized carbons (Fsp3) is 0.333. The fourth-order valence-electron chi connectivity index (χ4n) is 3.40. The molecule has 0 atom stereocenters. The molecule has 2 aromatic carbocycles. The molecule has 1 aliphatic rings. The van der Waals surface area contributed by atoms with Crippen LogP contribution in [-0.4, -0.2) is 49.4 Å². The van der Waals surface area contributed by atoms with Crippen molar-refractivity contribution in [3.8, 4) is 0 Å². The van der Waals surface area contributed by atoms with Crippen LogP contribution in [0.4, 0.5) is 5.69 Å². The number of nitrogens with one attached hydrogen (secondary N) is 1. The molecule has 0 bridgehead atoms. The Morgan fingerprint density at radius 2 is 1.84 bits per heavy atom. The fourth-order valence-corrected chi connectivity index (χ4v) is 4.58. The van der Waals surface area contributed by atoms with E-state index in [2.05, 4.69) is 24.1 Å². The van der Waals surface area contributed by atoms with Crippen LogP contribution in [0, 0.1) is 0 Å². The van der Waals surface area contributed by atoms with Crippen LogP contribution < -0.4 is 10.2 Å². The number of rotatable bonds is 9. The summed E-state index contributed by atoms with van der Waals surface area (Å²) in [7, 11) is 0. The third kappa shape index (κ3) is 6.35. The number of nitrogens with zero attached hydrogens (tertiary/aromatic N) is 2. The predicted molar refractivity (Wildman–Crippen MR) is 129 cm³/mol. The number of anilines is 1. The van der Waals surface area contributed by atoms with Crippen LogP contribution in [0.2, 0.25) is 5.02 Å². The zero-order valence-electron chi connectivity index (χ0n) is 17.9. The van der Waals surface area contributed by atoms with Gasteiger partial charge < -0.3 is 10.2 Å². The van der Waals surface area contributed by atoms with Crippen molar-refractivity contribution in [1.29, 1.82) is 0 Å². The highest BCUT2D eigenvalue weighted by atomic mass is 35.5. The monoisotopic (exact) mass is 457 g/mol. The number of halogens is 1. The summed E-state index contributed by atoms with van der Waals surface area (Å²) >= 11 is 7.39. The number of benzene rings is 2. The van der Waals surface area contributed by atoms with Gasteiger partial charge in [0.25, 0.3) is 5.91 Å². The third-order valence-corrected chi connectivity index (χ3v) is 6.50. The lowest BCUT2D eigenvalue weighted by atomic mass is 10.2. The van der Waals surface area contributed by atoms with Gasteiger partial charge in [-0.2, -0.15) is 0 Å². The van der Waals surface area contributed by atoms with Gasteiger partial charge in [0.05, 0.1) is 10.6 Å². The van der Waals surface area contributed by atoms with Crippen LogP contribution in [0.15, 0.2) is 58.3 Å². The standard InChI is InChI=1S/C24H28ClN3O2S/c1-3-27(4-2)15-7-14-26-23(29)17-28-20-8-5-6-9-21(20)31-22(24(28)30)16-18-10-12-19(25)13-11-18/h5-6,8-13,16H,3-4,7,14-15,17H2,1-2H3,(H,26,29)/b22-16+. The molecule has 2 amide bonds. The second kappa shape index (κ2) is 11.4. The van der Waals surface area contributed by atoms with Gasteiger partial charge >= 0.3 is 0 Å². The highest BCUT2D eigenvalue weighted by molar-refractivity contribution is 8.04. The van der Waals surface area contributed by atoms with E-state index in [1.807, 2.05) is 42.5 Å². The Morgan fingerprint density at radius 3 is 2.55 bits per heavy atom. The number of para-hydroxylation sites is 1. The minimum absolute atomic E-state index is 0.000363. The average molecular weight is 458 g/mol. The normalized spacial score (nSPS) is 14.8. The molecule has 1 aliphatic heterocycles. The predicted octanol–water partition coefficient (Wildman–Crippen LogP) is 4.67. The van der Waals surface area contributed by atoms with E-state index in [1.165, 1.54) is 11.8 Å². The lowest BCUT2D eigenvalue weighted by molar-refractivity contribution is -0.122. The van der Waals surface area contributed by atoms with E-state index >= 15 is 0 Å². The average Bonchev–Trinajstić information content (AvgIpc) is 2.78. The first-order chi connectivity index (χ1) is 15.0. The summed E-state index contributed by atoms with van der Waals surface area (Å²) in [6.45, 7) is 7.82. The number of hydrogen-bond donors (Lipinski definition) is 1. The van der Waals surface area contributed by atoms with E-state index in [1.54, 1.807) is 17.0 Å². The van der Waals surface area contributed by atoms with Crippen molar-refractivity contribution >= 4 is 46.9 Å². The number of hydrogen-bond acceptors (Lipinski definition) is 4. The maximum absolute atomic E-state index is 13.2. The van der Waals surface area contributed by atoms with Crippen molar-refractivity contribution in [3.05, 3.63) is 64.0 Å². The van der Waals surface area contributed by atoms with Gasteiger partial charge in [0.1, 0.15) is 6.54 Å². The number of fused-ring (bicyclic) bond motifs is 1. The Bertz CT molecular complexity index is 942. The third-order valence-electron chi connectivity index (χ3n) is 5.17. The van der Waals surface area contributed by atoms with Crippen LogP contribution >= 0.6 is 23.4 Å². The van der Waals surface area contributed by atoms with Crippen molar-refractivity contribution in [2.24, 2.45) is 0 Å². The zero-order chi connectivity index (χ0) is 22.2. The van der Waals surface area contributed by atoms with Crippen molar-refractivity contribution in [3.63, 3.8) is 0 Å². The van der Waals surface area contributed by atoms with Crippen molar-refractivity contribution in [2.45, 2.75) is 25.2 Å². The summed E-state index contributed by atoms with van der Waals surface area (Å²) in [6.07, 6.45) is 2.73. The van der Waals surface area contributed by atoms with Gasteiger partial charge in [-0.25, -0.2) is 0 Å². The van der Waals surface area contributed by atoms with E-state index in [0.717, 1.165) is 42.2 Å². The Balaban J connectivity index is 1.70. The molecule has 0 aliphatic carbocycles. The van der Waals surface area contributed by atoms with Gasteiger partial charge in [0.2, 0.25) is 5.91 Å². The summed E-state index contributed by atoms with van der Waals surface area (Å²) in [6, 6.07) is 15.0. The van der Waals surface area contributed by atoms with E-state index in [-0.39, 0.29) is 18.4 Å². The minimum Gasteiger partial charge on any atom is -0.355 e. The summed E-state index contributed by atoms with van der Waals surface area (Å²) < 4.78 is 0. The zero-order valence-corrected chi connectivity index (χ0v) is 19.5. The molecule has 0 saturated heterocycles. The molecule has 7 heteroatoms. The molecule has 31 heavy (non-hydrogen) atoms. The van der Waals surface area contributed by atoms with Crippen LogP contribution in [0.1, 0.15) is 25.8 Å². The summed E-state index contributed by atoms with van der Waals surface area (Å²) in [5.41, 5.74) is 1.66. The maximum Gasteiger partial charge on any atom is 0.265 e. The Hall–Kier alpha value is -2.28. The van der Waals surface area contributed by atoms with Crippen LogP contribution in [0.3, 0.4) is 0 Å². The molecule has 0 unspecified atom stereocenters.